The monoisotopic (exact) mass is 246 g/mol. The first-order valence-electron chi connectivity index (χ1n) is 5.53. The number of hydrogen-bond acceptors (Lipinski definition) is 4. The van der Waals surface area contributed by atoms with E-state index in [4.69, 9.17) is 9.15 Å². The van der Waals surface area contributed by atoms with Crippen molar-refractivity contribution in [3.63, 3.8) is 0 Å². The topological polar surface area (TPSA) is 48.7 Å². The van der Waals surface area contributed by atoms with Crippen LogP contribution in [-0.2, 0) is 4.74 Å². The standard InChI is InChI=1S/C14H14O4/c1-4-8-17-12-10-7-5-6-9(2)11(10)18-13(12)14(15)16-3/h4-7H,1,8H2,2-3H3. The van der Waals surface area contributed by atoms with Crippen LogP contribution >= 0.6 is 0 Å². The maximum atomic E-state index is 11.7. The number of aryl methyl sites for hydroxylation is 1. The number of benzene rings is 1. The van der Waals surface area contributed by atoms with Crippen molar-refractivity contribution in [3.8, 4) is 5.75 Å². The number of ether oxygens (including phenoxy) is 2. The molecular formula is C14H14O4. The Labute approximate surface area is 105 Å². The number of furan rings is 1. The first-order chi connectivity index (χ1) is 8.69. The number of methoxy groups -OCH3 is 1. The first kappa shape index (κ1) is 12.2. The molecule has 1 heterocycles. The van der Waals surface area contributed by atoms with Gasteiger partial charge in [-0.2, -0.15) is 0 Å². The van der Waals surface area contributed by atoms with Gasteiger partial charge in [-0.15, -0.1) is 0 Å². The zero-order chi connectivity index (χ0) is 13.1. The molecule has 4 heteroatoms. The molecule has 0 aliphatic carbocycles. The summed E-state index contributed by atoms with van der Waals surface area (Å²) in [6.07, 6.45) is 1.61. The number of rotatable bonds is 4. The van der Waals surface area contributed by atoms with Crippen molar-refractivity contribution in [1.82, 2.24) is 0 Å². The van der Waals surface area contributed by atoms with Crippen LogP contribution < -0.4 is 4.74 Å². The van der Waals surface area contributed by atoms with Crippen LogP contribution in [0.15, 0.2) is 35.3 Å². The lowest BCUT2D eigenvalue weighted by Crippen LogP contribution is -2.03. The van der Waals surface area contributed by atoms with E-state index >= 15 is 0 Å². The van der Waals surface area contributed by atoms with E-state index in [0.717, 1.165) is 10.9 Å². The summed E-state index contributed by atoms with van der Waals surface area (Å²) in [7, 11) is 1.31. The number of esters is 1. The number of para-hydroxylation sites is 1. The molecule has 4 nitrogen and oxygen atoms in total. The number of hydrogen-bond donors (Lipinski definition) is 0. The second kappa shape index (κ2) is 4.96. The molecule has 0 saturated carbocycles. The predicted molar refractivity (Wildman–Crippen MR) is 68.0 cm³/mol. The zero-order valence-electron chi connectivity index (χ0n) is 10.4. The fraction of sp³-hybridized carbons (Fsp3) is 0.214. The highest BCUT2D eigenvalue weighted by Gasteiger charge is 2.23. The number of fused-ring (bicyclic) bond motifs is 1. The zero-order valence-corrected chi connectivity index (χ0v) is 10.4. The predicted octanol–water partition coefficient (Wildman–Crippen LogP) is 3.09. The smallest absolute Gasteiger partial charge is 0.377 e. The minimum atomic E-state index is -0.551. The normalized spacial score (nSPS) is 10.3. The number of carbonyl (C=O) groups excluding carboxylic acids is 1. The van der Waals surface area contributed by atoms with Gasteiger partial charge in [-0.1, -0.05) is 24.8 Å². The molecule has 0 radical (unpaired) electrons. The van der Waals surface area contributed by atoms with Crippen LogP contribution in [0.1, 0.15) is 16.1 Å². The summed E-state index contributed by atoms with van der Waals surface area (Å²) in [6.45, 7) is 5.79. The van der Waals surface area contributed by atoms with Crippen molar-refractivity contribution in [1.29, 1.82) is 0 Å². The van der Waals surface area contributed by atoms with Crippen molar-refractivity contribution in [3.05, 3.63) is 42.2 Å². The van der Waals surface area contributed by atoms with E-state index in [2.05, 4.69) is 11.3 Å². The van der Waals surface area contributed by atoms with Crippen LogP contribution in [0.5, 0.6) is 5.75 Å². The highest BCUT2D eigenvalue weighted by molar-refractivity contribution is 5.99. The molecule has 2 rings (SSSR count). The Kier molecular flexibility index (Phi) is 3.37. The van der Waals surface area contributed by atoms with Crippen LogP contribution in [0, 0.1) is 6.92 Å². The van der Waals surface area contributed by atoms with Gasteiger partial charge in [-0.3, -0.25) is 0 Å². The molecule has 0 spiro atoms. The van der Waals surface area contributed by atoms with Gasteiger partial charge >= 0.3 is 5.97 Å². The Balaban J connectivity index is 2.63. The summed E-state index contributed by atoms with van der Waals surface area (Å²) in [6, 6.07) is 5.63. The van der Waals surface area contributed by atoms with Crippen LogP contribution in [0.4, 0.5) is 0 Å². The second-order valence-electron chi connectivity index (χ2n) is 3.80. The summed E-state index contributed by atoms with van der Waals surface area (Å²) in [4.78, 5) is 11.7. The van der Waals surface area contributed by atoms with Gasteiger partial charge in [0.1, 0.15) is 12.2 Å². The molecule has 0 N–H and O–H groups in total. The lowest BCUT2D eigenvalue weighted by molar-refractivity contribution is 0.0562. The molecular weight excluding hydrogens is 232 g/mol. The van der Waals surface area contributed by atoms with Gasteiger partial charge in [-0.25, -0.2) is 4.79 Å². The Morgan fingerprint density at radius 1 is 1.50 bits per heavy atom. The third kappa shape index (κ3) is 1.97. The Morgan fingerprint density at radius 3 is 2.94 bits per heavy atom. The van der Waals surface area contributed by atoms with E-state index in [1.54, 1.807) is 6.08 Å². The van der Waals surface area contributed by atoms with Gasteiger partial charge in [-0.05, 0) is 18.6 Å². The van der Waals surface area contributed by atoms with Crippen LogP contribution in [-0.4, -0.2) is 19.7 Å². The molecule has 2 aromatic rings. The molecule has 0 bridgehead atoms. The molecule has 0 aliphatic heterocycles. The van der Waals surface area contributed by atoms with E-state index in [1.807, 2.05) is 25.1 Å². The van der Waals surface area contributed by atoms with E-state index in [0.29, 0.717) is 17.9 Å². The highest BCUT2D eigenvalue weighted by atomic mass is 16.5. The summed E-state index contributed by atoms with van der Waals surface area (Å²) < 4.78 is 15.7. The minimum Gasteiger partial charge on any atom is -0.485 e. The fourth-order valence-electron chi connectivity index (χ4n) is 1.75. The van der Waals surface area contributed by atoms with E-state index in [-0.39, 0.29) is 5.76 Å². The first-order valence-corrected chi connectivity index (χ1v) is 5.53. The molecule has 0 unspecified atom stereocenters. The highest BCUT2D eigenvalue weighted by Crippen LogP contribution is 2.35. The summed E-state index contributed by atoms with van der Waals surface area (Å²) in [5, 5.41) is 0.761. The van der Waals surface area contributed by atoms with Crippen molar-refractivity contribution < 1.29 is 18.7 Å². The maximum absolute atomic E-state index is 11.7. The quantitative estimate of drug-likeness (QED) is 0.614. The van der Waals surface area contributed by atoms with Crippen LogP contribution in [0.2, 0.25) is 0 Å². The Morgan fingerprint density at radius 2 is 2.28 bits per heavy atom. The van der Waals surface area contributed by atoms with E-state index in [1.165, 1.54) is 7.11 Å². The van der Waals surface area contributed by atoms with Crippen molar-refractivity contribution in [2.45, 2.75) is 6.92 Å². The SMILES string of the molecule is C=CCOc1c(C(=O)OC)oc2c(C)cccc12. The summed E-state index contributed by atoms with van der Waals surface area (Å²) in [5.41, 5.74) is 1.57. The van der Waals surface area contributed by atoms with E-state index < -0.39 is 5.97 Å². The van der Waals surface area contributed by atoms with Crippen molar-refractivity contribution in [2.75, 3.05) is 13.7 Å². The third-order valence-electron chi connectivity index (χ3n) is 2.58. The average molecular weight is 246 g/mol. The maximum Gasteiger partial charge on any atom is 0.377 e. The summed E-state index contributed by atoms with van der Waals surface area (Å²) in [5.74, 6) is -0.0613. The van der Waals surface area contributed by atoms with Gasteiger partial charge in [0.2, 0.25) is 0 Å². The largest absolute Gasteiger partial charge is 0.485 e. The molecule has 94 valence electrons. The lowest BCUT2D eigenvalue weighted by Gasteiger charge is -2.02. The molecule has 0 aliphatic rings. The van der Waals surface area contributed by atoms with Gasteiger partial charge < -0.3 is 13.9 Å². The summed E-state index contributed by atoms with van der Waals surface area (Å²) >= 11 is 0. The Bertz CT molecular complexity index is 595. The molecule has 0 fully saturated rings. The van der Waals surface area contributed by atoms with E-state index in [9.17, 15) is 4.79 Å². The average Bonchev–Trinajstić information content (AvgIpc) is 2.75. The van der Waals surface area contributed by atoms with Gasteiger partial charge in [0.05, 0.1) is 12.5 Å². The molecule has 0 atom stereocenters. The second-order valence-corrected chi connectivity index (χ2v) is 3.80. The van der Waals surface area contributed by atoms with Crippen molar-refractivity contribution in [2.24, 2.45) is 0 Å². The molecule has 1 aromatic carbocycles. The molecule has 0 amide bonds. The number of carbonyl (C=O) groups is 1. The fourth-order valence-corrected chi connectivity index (χ4v) is 1.75. The Hall–Kier alpha value is -2.23. The lowest BCUT2D eigenvalue weighted by atomic mass is 10.1. The van der Waals surface area contributed by atoms with Crippen LogP contribution in [0.25, 0.3) is 11.0 Å². The van der Waals surface area contributed by atoms with Gasteiger partial charge in [0.15, 0.2) is 5.75 Å². The minimum absolute atomic E-state index is 0.0867. The molecule has 0 saturated heterocycles. The van der Waals surface area contributed by atoms with Crippen LogP contribution in [0.3, 0.4) is 0 Å². The molecule has 18 heavy (non-hydrogen) atoms. The van der Waals surface area contributed by atoms with Gasteiger partial charge in [0, 0.05) is 0 Å². The molecule has 1 aromatic heterocycles. The van der Waals surface area contributed by atoms with Gasteiger partial charge in [0.25, 0.3) is 5.76 Å². The van der Waals surface area contributed by atoms with Crippen molar-refractivity contribution >= 4 is 16.9 Å². The third-order valence-corrected chi connectivity index (χ3v) is 2.58.